The quantitative estimate of drug-likeness (QED) is 0.170. The van der Waals surface area contributed by atoms with Gasteiger partial charge in [-0.2, -0.15) is 0 Å². The third-order valence-corrected chi connectivity index (χ3v) is 10.6. The zero-order valence-electron chi connectivity index (χ0n) is 37.9. The van der Waals surface area contributed by atoms with Crippen LogP contribution in [0.25, 0.3) is 87.6 Å². The zero-order valence-corrected chi connectivity index (χ0v) is 29.9. The van der Waals surface area contributed by atoms with E-state index in [1.165, 1.54) is 4.90 Å². The molecule has 0 aliphatic heterocycles. The molecule has 1 heterocycles. The largest absolute Gasteiger partial charge is 0.455 e. The molecule has 11 rings (SSSR count). The molecule has 262 valence electrons. The lowest BCUT2D eigenvalue weighted by atomic mass is 9.97. The Hall–Kier alpha value is -7.42. The third-order valence-electron chi connectivity index (χ3n) is 10.6. The van der Waals surface area contributed by atoms with Gasteiger partial charge in [0.05, 0.1) is 16.7 Å². The fraction of sp³-hybridized carbons (Fsp3) is 0. The van der Waals surface area contributed by atoms with E-state index in [0.717, 1.165) is 48.7 Å². The van der Waals surface area contributed by atoms with Crippen molar-refractivity contribution < 1.29 is 15.4 Å². The Morgan fingerprint density at radius 3 is 1.54 bits per heavy atom. The van der Waals surface area contributed by atoms with Crippen LogP contribution in [0.5, 0.6) is 0 Å². The van der Waals surface area contributed by atoms with E-state index >= 15 is 0 Å². The molecule has 0 aliphatic rings. The maximum atomic E-state index is 9.68. The smallest absolute Gasteiger partial charge is 0.143 e. The van der Waals surface area contributed by atoms with Crippen molar-refractivity contribution >= 4 is 71.3 Å². The maximum absolute atomic E-state index is 9.68. The molecule has 0 bridgehead atoms. The van der Waals surface area contributed by atoms with Crippen LogP contribution in [0, 0.1) is 0 Å². The van der Waals surface area contributed by atoms with E-state index in [0.29, 0.717) is 33.5 Å². The molecule has 11 aromatic rings. The molecule has 0 aliphatic carbocycles. The number of para-hydroxylation sites is 2. The molecule has 0 atom stereocenters. The van der Waals surface area contributed by atoms with Crippen molar-refractivity contribution in [2.45, 2.75) is 0 Å². The van der Waals surface area contributed by atoms with Crippen molar-refractivity contribution in [2.75, 3.05) is 4.90 Å². The number of nitrogens with zero attached hydrogens (tertiary/aromatic N) is 1. The Labute approximate surface area is 336 Å². The lowest BCUT2D eigenvalue weighted by Crippen LogP contribution is -2.11. The van der Waals surface area contributed by atoms with E-state index in [1.807, 2.05) is 140 Å². The molecule has 0 fully saturated rings. The molecule has 0 unspecified atom stereocenters. The second kappa shape index (κ2) is 13.2. The van der Waals surface area contributed by atoms with E-state index in [1.54, 1.807) is 24.3 Å². The van der Waals surface area contributed by atoms with Crippen LogP contribution in [0.2, 0.25) is 0 Å². The standard InChI is InChI=1S/C54H35NO/c1-3-11-41-33-43(20-17-36(41)9-1)38-23-28-46(29-24-38)55(47-30-25-39(26-31-47)44-21-18-37-10-2-4-12-42(37)34-44)52-15-7-5-13-48(52)45-22-19-40-27-32-50-49-14-6-8-16-53(49)56-54(50)51(40)35-45/h1-35H/i23D,24D,25D,26D,28D,29D,30D,31D. The van der Waals surface area contributed by atoms with Gasteiger partial charge in [-0.15, -0.1) is 0 Å². The van der Waals surface area contributed by atoms with Crippen LogP contribution in [0.4, 0.5) is 17.1 Å². The molecule has 0 saturated carbocycles. The third kappa shape index (κ3) is 5.51. The summed E-state index contributed by atoms with van der Waals surface area (Å²) in [7, 11) is 0. The van der Waals surface area contributed by atoms with Gasteiger partial charge in [0.15, 0.2) is 0 Å². The van der Waals surface area contributed by atoms with Gasteiger partial charge in [-0.05, 0) is 115 Å². The summed E-state index contributed by atoms with van der Waals surface area (Å²) in [6, 6.07) is 48.7. The van der Waals surface area contributed by atoms with Gasteiger partial charge in [0.2, 0.25) is 0 Å². The Morgan fingerprint density at radius 2 is 0.875 bits per heavy atom. The van der Waals surface area contributed by atoms with Gasteiger partial charge in [-0.25, -0.2) is 0 Å². The number of anilines is 3. The number of benzene rings is 10. The monoisotopic (exact) mass is 721 g/mol. The second-order valence-electron chi connectivity index (χ2n) is 13.9. The highest BCUT2D eigenvalue weighted by molar-refractivity contribution is 6.15. The predicted octanol–water partition coefficient (Wildman–Crippen LogP) is 15.5. The topological polar surface area (TPSA) is 16.4 Å². The van der Waals surface area contributed by atoms with Crippen LogP contribution in [0.3, 0.4) is 0 Å². The molecule has 2 nitrogen and oxygen atoms in total. The average Bonchev–Trinajstić information content (AvgIpc) is 3.72. The lowest BCUT2D eigenvalue weighted by Gasteiger charge is -2.28. The number of fused-ring (bicyclic) bond motifs is 7. The molecule has 56 heavy (non-hydrogen) atoms. The Kier molecular flexibility index (Phi) is 5.83. The molecular formula is C54H35NO. The van der Waals surface area contributed by atoms with E-state index in [4.69, 9.17) is 4.42 Å². The van der Waals surface area contributed by atoms with Gasteiger partial charge in [0.1, 0.15) is 11.2 Å². The number of hydrogen-bond donors (Lipinski definition) is 0. The number of furan rings is 1. The summed E-state index contributed by atoms with van der Waals surface area (Å²) in [6.45, 7) is 0. The van der Waals surface area contributed by atoms with Crippen LogP contribution in [-0.4, -0.2) is 0 Å². The minimum atomic E-state index is -0.406. The maximum Gasteiger partial charge on any atom is 0.143 e. The van der Waals surface area contributed by atoms with E-state index in [9.17, 15) is 11.0 Å². The molecule has 0 radical (unpaired) electrons. The zero-order chi connectivity index (χ0) is 44.0. The lowest BCUT2D eigenvalue weighted by molar-refractivity contribution is 0.672. The first kappa shape index (κ1) is 24.8. The van der Waals surface area contributed by atoms with Crippen molar-refractivity contribution in [2.24, 2.45) is 0 Å². The Balaban J connectivity index is 1.18. The minimum absolute atomic E-state index is 0.105. The Bertz CT molecular complexity index is 3540. The van der Waals surface area contributed by atoms with Crippen molar-refractivity contribution in [3.05, 3.63) is 212 Å². The van der Waals surface area contributed by atoms with Gasteiger partial charge >= 0.3 is 0 Å². The highest BCUT2D eigenvalue weighted by atomic mass is 16.3. The molecular weight excluding hydrogens is 679 g/mol. The van der Waals surface area contributed by atoms with E-state index in [2.05, 4.69) is 0 Å². The second-order valence-corrected chi connectivity index (χ2v) is 13.9. The summed E-state index contributed by atoms with van der Waals surface area (Å²) in [5.41, 5.74) is 3.89. The number of rotatable bonds is 6. The molecule has 0 N–H and O–H groups in total. The average molecular weight is 722 g/mol. The summed E-state index contributed by atoms with van der Waals surface area (Å²) in [6.07, 6.45) is 0. The fourth-order valence-corrected chi connectivity index (χ4v) is 7.75. The predicted molar refractivity (Wildman–Crippen MR) is 237 cm³/mol. The van der Waals surface area contributed by atoms with Gasteiger partial charge in [0.25, 0.3) is 0 Å². The summed E-state index contributed by atoms with van der Waals surface area (Å²) < 4.78 is 83.1. The molecule has 2 heteroatoms. The molecule has 1 aromatic heterocycles. The highest BCUT2D eigenvalue weighted by Gasteiger charge is 2.19. The normalized spacial score (nSPS) is 13.6. The van der Waals surface area contributed by atoms with Gasteiger partial charge in [0, 0.05) is 33.1 Å². The van der Waals surface area contributed by atoms with Crippen LogP contribution in [0.1, 0.15) is 11.0 Å². The minimum Gasteiger partial charge on any atom is -0.455 e. The van der Waals surface area contributed by atoms with Crippen LogP contribution >= 0.6 is 0 Å². The van der Waals surface area contributed by atoms with E-state index in [-0.39, 0.29) is 46.7 Å². The molecule has 0 spiro atoms. The van der Waals surface area contributed by atoms with Crippen LogP contribution in [-0.2, 0) is 0 Å². The Morgan fingerprint density at radius 1 is 0.357 bits per heavy atom. The first-order valence-corrected chi connectivity index (χ1v) is 18.5. The summed E-state index contributed by atoms with van der Waals surface area (Å²) in [5.74, 6) is 0. The van der Waals surface area contributed by atoms with Crippen molar-refractivity contribution in [3.63, 3.8) is 0 Å². The molecule has 0 saturated heterocycles. The first-order chi connectivity index (χ1) is 31.1. The summed E-state index contributed by atoms with van der Waals surface area (Å²) in [4.78, 5) is 1.39. The van der Waals surface area contributed by atoms with E-state index < -0.39 is 24.2 Å². The van der Waals surface area contributed by atoms with Crippen molar-refractivity contribution in [1.82, 2.24) is 0 Å². The van der Waals surface area contributed by atoms with Gasteiger partial charge in [-0.1, -0.05) is 152 Å². The van der Waals surface area contributed by atoms with Crippen LogP contribution in [0.15, 0.2) is 217 Å². The summed E-state index contributed by atoms with van der Waals surface area (Å²) >= 11 is 0. The summed E-state index contributed by atoms with van der Waals surface area (Å²) in [5, 5.41) is 7.42. The van der Waals surface area contributed by atoms with Gasteiger partial charge < -0.3 is 9.32 Å². The first-order valence-electron chi connectivity index (χ1n) is 22.5. The van der Waals surface area contributed by atoms with Gasteiger partial charge in [-0.3, -0.25) is 0 Å². The fourth-order valence-electron chi connectivity index (χ4n) is 7.75. The number of hydrogen-bond acceptors (Lipinski definition) is 2. The molecule has 0 amide bonds. The van der Waals surface area contributed by atoms with Crippen molar-refractivity contribution in [3.8, 4) is 33.4 Å². The van der Waals surface area contributed by atoms with Crippen LogP contribution < -0.4 is 4.90 Å². The SMILES string of the molecule is [2H]c1c([2H])c(N(c2ccccc2-c2ccc3ccc4c5ccccc5oc4c3c2)c2c([2H])c([2H])c(-c3ccc4ccccc4c3)c([2H])c2[2H])c([2H])c([2H])c1-c1ccc2ccccc2c1. The molecule has 10 aromatic carbocycles. The van der Waals surface area contributed by atoms with Crippen molar-refractivity contribution in [1.29, 1.82) is 0 Å². The highest BCUT2D eigenvalue weighted by Crippen LogP contribution is 2.43.